The zero-order valence-electron chi connectivity index (χ0n) is 11.4. The summed E-state index contributed by atoms with van der Waals surface area (Å²) >= 11 is 0. The molecule has 1 fully saturated rings. The van der Waals surface area contributed by atoms with Crippen molar-refractivity contribution in [2.75, 3.05) is 19.6 Å². The molecule has 0 aromatic carbocycles. The summed E-state index contributed by atoms with van der Waals surface area (Å²) in [6.45, 7) is 12.6. The van der Waals surface area contributed by atoms with Crippen molar-refractivity contribution >= 4 is 0 Å². The summed E-state index contributed by atoms with van der Waals surface area (Å²) < 4.78 is 0. The molecule has 0 radical (unpaired) electrons. The van der Waals surface area contributed by atoms with E-state index in [0.717, 1.165) is 18.5 Å². The van der Waals surface area contributed by atoms with Crippen LogP contribution in [0.25, 0.3) is 0 Å². The highest BCUT2D eigenvalue weighted by molar-refractivity contribution is 4.88. The minimum atomic E-state index is 0.674. The summed E-state index contributed by atoms with van der Waals surface area (Å²) in [5.41, 5.74) is 0. The van der Waals surface area contributed by atoms with Gasteiger partial charge in [0, 0.05) is 31.7 Å². The van der Waals surface area contributed by atoms with Crippen LogP contribution in [-0.2, 0) is 0 Å². The lowest BCUT2D eigenvalue weighted by molar-refractivity contribution is 0.112. The van der Waals surface area contributed by atoms with Gasteiger partial charge < -0.3 is 5.32 Å². The van der Waals surface area contributed by atoms with Crippen LogP contribution in [0.3, 0.4) is 0 Å². The second-order valence-corrected chi connectivity index (χ2v) is 5.17. The molecule has 2 nitrogen and oxygen atoms in total. The Hall–Kier alpha value is -0.340. The second-order valence-electron chi connectivity index (χ2n) is 5.17. The third-order valence-electron chi connectivity index (χ3n) is 3.66. The topological polar surface area (TPSA) is 15.3 Å². The molecule has 2 atom stereocenters. The van der Waals surface area contributed by atoms with Crippen molar-refractivity contribution in [1.29, 1.82) is 0 Å². The van der Waals surface area contributed by atoms with Crippen LogP contribution >= 0.6 is 0 Å². The summed E-state index contributed by atoms with van der Waals surface area (Å²) in [7, 11) is 0. The van der Waals surface area contributed by atoms with E-state index in [9.17, 15) is 0 Å². The van der Waals surface area contributed by atoms with Crippen molar-refractivity contribution in [2.24, 2.45) is 5.92 Å². The standard InChI is InChI=1S/C14H28N2/c1-5-7-8-9-16-11-14(12(3)4)15-10-13(16)6-2/h5,7,12-15H,6,8-11H2,1-4H3/b7-5+. The zero-order chi connectivity index (χ0) is 12.0. The molecule has 1 heterocycles. The van der Waals surface area contributed by atoms with E-state index in [1.165, 1.54) is 25.9 Å². The SMILES string of the molecule is C/C=C/CCN1CC(C(C)C)NCC1CC. The molecule has 2 unspecified atom stereocenters. The summed E-state index contributed by atoms with van der Waals surface area (Å²) in [6, 6.07) is 1.41. The highest BCUT2D eigenvalue weighted by Crippen LogP contribution is 2.15. The Morgan fingerprint density at radius 2 is 2.19 bits per heavy atom. The molecule has 1 aliphatic heterocycles. The lowest BCUT2D eigenvalue weighted by Gasteiger charge is -2.41. The lowest BCUT2D eigenvalue weighted by atomic mass is 9.98. The van der Waals surface area contributed by atoms with E-state index >= 15 is 0 Å². The van der Waals surface area contributed by atoms with E-state index in [1.807, 2.05) is 0 Å². The third-order valence-corrected chi connectivity index (χ3v) is 3.66. The average Bonchev–Trinajstić information content (AvgIpc) is 2.29. The molecule has 0 aromatic rings. The average molecular weight is 224 g/mol. The highest BCUT2D eigenvalue weighted by Gasteiger charge is 2.27. The van der Waals surface area contributed by atoms with Gasteiger partial charge in [0.05, 0.1) is 0 Å². The molecule has 0 aromatic heterocycles. The third kappa shape index (κ3) is 3.91. The van der Waals surface area contributed by atoms with Crippen LogP contribution in [0.5, 0.6) is 0 Å². The second kappa shape index (κ2) is 7.08. The normalized spacial score (nSPS) is 28.1. The molecule has 0 spiro atoms. The molecule has 1 N–H and O–H groups in total. The monoisotopic (exact) mass is 224 g/mol. The van der Waals surface area contributed by atoms with Gasteiger partial charge in [-0.15, -0.1) is 0 Å². The van der Waals surface area contributed by atoms with Crippen molar-refractivity contribution in [3.63, 3.8) is 0 Å². The minimum Gasteiger partial charge on any atom is -0.311 e. The fourth-order valence-corrected chi connectivity index (χ4v) is 2.41. The van der Waals surface area contributed by atoms with Gasteiger partial charge in [-0.3, -0.25) is 4.90 Å². The van der Waals surface area contributed by atoms with Crippen LogP contribution in [0.4, 0.5) is 0 Å². The molecule has 0 aliphatic carbocycles. The summed E-state index contributed by atoms with van der Waals surface area (Å²) in [5, 5.41) is 3.68. The predicted octanol–water partition coefficient (Wildman–Crippen LogP) is 2.66. The summed E-state index contributed by atoms with van der Waals surface area (Å²) in [6.07, 6.45) is 6.88. The quantitative estimate of drug-likeness (QED) is 0.722. The fourth-order valence-electron chi connectivity index (χ4n) is 2.41. The number of nitrogens with zero attached hydrogens (tertiary/aromatic N) is 1. The number of piperazine rings is 1. The molecule has 0 amide bonds. The summed E-state index contributed by atoms with van der Waals surface area (Å²) in [5.74, 6) is 0.738. The Morgan fingerprint density at radius 3 is 2.75 bits per heavy atom. The van der Waals surface area contributed by atoms with Gasteiger partial charge in [0.25, 0.3) is 0 Å². The van der Waals surface area contributed by atoms with Crippen LogP contribution in [0.2, 0.25) is 0 Å². The van der Waals surface area contributed by atoms with E-state index in [2.05, 4.69) is 50.1 Å². The van der Waals surface area contributed by atoms with Gasteiger partial charge in [0.15, 0.2) is 0 Å². The smallest absolute Gasteiger partial charge is 0.0218 e. The molecular formula is C14H28N2. The number of allylic oxidation sites excluding steroid dienone is 1. The highest BCUT2D eigenvalue weighted by atomic mass is 15.2. The Bertz CT molecular complexity index is 211. The van der Waals surface area contributed by atoms with Crippen LogP contribution in [0, 0.1) is 5.92 Å². The van der Waals surface area contributed by atoms with Gasteiger partial charge >= 0.3 is 0 Å². The maximum Gasteiger partial charge on any atom is 0.0218 e. The first-order valence-corrected chi connectivity index (χ1v) is 6.77. The van der Waals surface area contributed by atoms with Gasteiger partial charge in [0.1, 0.15) is 0 Å². The zero-order valence-corrected chi connectivity index (χ0v) is 11.4. The molecule has 1 rings (SSSR count). The Kier molecular flexibility index (Phi) is 6.07. The molecule has 94 valence electrons. The predicted molar refractivity (Wildman–Crippen MR) is 71.7 cm³/mol. The van der Waals surface area contributed by atoms with Crippen molar-refractivity contribution < 1.29 is 0 Å². The van der Waals surface area contributed by atoms with E-state index < -0.39 is 0 Å². The van der Waals surface area contributed by atoms with Crippen LogP contribution in [0.1, 0.15) is 40.5 Å². The lowest BCUT2D eigenvalue weighted by Crippen LogP contribution is -2.57. The van der Waals surface area contributed by atoms with E-state index in [1.54, 1.807) is 0 Å². The maximum absolute atomic E-state index is 3.68. The molecular weight excluding hydrogens is 196 g/mol. The number of hydrogen-bond acceptors (Lipinski definition) is 2. The Labute approximate surface area is 101 Å². The van der Waals surface area contributed by atoms with Gasteiger partial charge in [-0.25, -0.2) is 0 Å². The van der Waals surface area contributed by atoms with E-state index in [4.69, 9.17) is 0 Å². The molecule has 0 bridgehead atoms. The van der Waals surface area contributed by atoms with E-state index in [0.29, 0.717) is 6.04 Å². The molecule has 1 aliphatic rings. The number of rotatable bonds is 5. The Balaban J connectivity index is 2.46. The fraction of sp³-hybridized carbons (Fsp3) is 0.857. The van der Waals surface area contributed by atoms with Gasteiger partial charge in [0.2, 0.25) is 0 Å². The Morgan fingerprint density at radius 1 is 1.44 bits per heavy atom. The van der Waals surface area contributed by atoms with Crippen molar-refractivity contribution in [2.45, 2.75) is 52.6 Å². The van der Waals surface area contributed by atoms with Crippen molar-refractivity contribution in [1.82, 2.24) is 10.2 Å². The van der Waals surface area contributed by atoms with E-state index in [-0.39, 0.29) is 0 Å². The molecule has 0 saturated carbocycles. The first-order valence-electron chi connectivity index (χ1n) is 6.77. The number of hydrogen-bond donors (Lipinski definition) is 1. The van der Waals surface area contributed by atoms with Gasteiger partial charge in [-0.2, -0.15) is 0 Å². The number of nitrogens with one attached hydrogen (secondary N) is 1. The first-order chi connectivity index (χ1) is 7.69. The minimum absolute atomic E-state index is 0.674. The van der Waals surface area contributed by atoms with Crippen LogP contribution in [-0.4, -0.2) is 36.6 Å². The van der Waals surface area contributed by atoms with Gasteiger partial charge in [-0.05, 0) is 25.7 Å². The van der Waals surface area contributed by atoms with Crippen LogP contribution < -0.4 is 5.32 Å². The largest absolute Gasteiger partial charge is 0.311 e. The molecule has 16 heavy (non-hydrogen) atoms. The van der Waals surface area contributed by atoms with Gasteiger partial charge in [-0.1, -0.05) is 32.9 Å². The van der Waals surface area contributed by atoms with Crippen molar-refractivity contribution in [3.05, 3.63) is 12.2 Å². The molecule has 2 heteroatoms. The first kappa shape index (κ1) is 13.7. The van der Waals surface area contributed by atoms with Crippen LogP contribution in [0.15, 0.2) is 12.2 Å². The van der Waals surface area contributed by atoms with Crippen molar-refractivity contribution in [3.8, 4) is 0 Å². The molecule has 1 saturated heterocycles. The summed E-state index contributed by atoms with van der Waals surface area (Å²) in [4.78, 5) is 2.67. The maximum atomic E-state index is 3.68.